The largest absolute Gasteiger partial charge is 0.440 e. The molecule has 6 nitrogen and oxygen atoms in total. The van der Waals surface area contributed by atoms with Gasteiger partial charge in [-0.3, -0.25) is 4.79 Å². The molecule has 8 heteroatoms. The second-order valence-electron chi connectivity index (χ2n) is 7.65. The predicted octanol–water partition coefficient (Wildman–Crippen LogP) is 3.45. The van der Waals surface area contributed by atoms with Gasteiger partial charge in [0.25, 0.3) is 0 Å². The van der Waals surface area contributed by atoms with E-state index in [2.05, 4.69) is 10.3 Å². The number of hydrogen-bond acceptors (Lipinski definition) is 5. The lowest BCUT2D eigenvalue weighted by Gasteiger charge is -2.29. The lowest BCUT2D eigenvalue weighted by atomic mass is 9.85. The minimum absolute atomic E-state index is 0.00449. The second kappa shape index (κ2) is 7.43. The van der Waals surface area contributed by atoms with E-state index in [0.717, 1.165) is 42.7 Å². The number of carbonyl (C=O) groups is 1. The molecule has 27 heavy (non-hydrogen) atoms. The molecule has 0 bridgehead atoms. The van der Waals surface area contributed by atoms with Crippen molar-refractivity contribution in [3.63, 3.8) is 0 Å². The summed E-state index contributed by atoms with van der Waals surface area (Å²) in [5.74, 6) is 1.08. The fourth-order valence-corrected chi connectivity index (χ4v) is 5.71. The van der Waals surface area contributed by atoms with Crippen LogP contribution in [0.3, 0.4) is 0 Å². The van der Waals surface area contributed by atoms with Gasteiger partial charge in [-0.2, -0.15) is 0 Å². The summed E-state index contributed by atoms with van der Waals surface area (Å²) in [5, 5.41) is 3.76. The van der Waals surface area contributed by atoms with Crippen LogP contribution in [0.4, 0.5) is 0 Å². The molecule has 1 aromatic heterocycles. The summed E-state index contributed by atoms with van der Waals surface area (Å²) in [7, 11) is -2.94. The molecule has 1 aromatic carbocycles. The Morgan fingerprint density at radius 1 is 1.11 bits per heavy atom. The van der Waals surface area contributed by atoms with E-state index >= 15 is 0 Å². The molecule has 0 spiro atoms. The van der Waals surface area contributed by atoms with Crippen molar-refractivity contribution in [3.8, 4) is 0 Å². The summed E-state index contributed by atoms with van der Waals surface area (Å²) >= 11 is 6.01. The Morgan fingerprint density at radius 2 is 1.81 bits per heavy atom. The lowest BCUT2D eigenvalue weighted by molar-refractivity contribution is -0.126. The van der Waals surface area contributed by atoms with Crippen molar-refractivity contribution in [3.05, 3.63) is 29.1 Å². The highest BCUT2D eigenvalue weighted by molar-refractivity contribution is 7.91. The topological polar surface area (TPSA) is 89.3 Å². The third-order valence-electron chi connectivity index (χ3n) is 5.71. The highest BCUT2D eigenvalue weighted by atomic mass is 35.5. The van der Waals surface area contributed by atoms with E-state index in [9.17, 15) is 13.2 Å². The van der Waals surface area contributed by atoms with Crippen molar-refractivity contribution in [1.82, 2.24) is 10.3 Å². The molecule has 1 amide bonds. The van der Waals surface area contributed by atoms with Crippen LogP contribution in [0.2, 0.25) is 5.02 Å². The number of aromatic nitrogens is 1. The van der Waals surface area contributed by atoms with Gasteiger partial charge >= 0.3 is 0 Å². The average Bonchev–Trinajstić information content (AvgIpc) is 3.05. The number of fused-ring (bicyclic) bond motifs is 1. The van der Waals surface area contributed by atoms with Gasteiger partial charge in [-0.05, 0) is 56.7 Å². The van der Waals surface area contributed by atoms with Gasteiger partial charge in [0.2, 0.25) is 5.91 Å². The molecule has 1 N–H and O–H groups in total. The number of amides is 1. The summed E-state index contributed by atoms with van der Waals surface area (Å²) in [6.45, 7) is 0. The van der Waals surface area contributed by atoms with Crippen LogP contribution < -0.4 is 5.32 Å². The molecule has 0 unspecified atom stereocenters. The number of nitrogens with zero attached hydrogens (tertiary/aromatic N) is 1. The molecule has 2 fully saturated rings. The number of halogens is 1. The van der Waals surface area contributed by atoms with Gasteiger partial charge in [-0.1, -0.05) is 11.6 Å². The SMILES string of the molecule is O=C(N[C@H]1CC[C@H](c2nc3cc(Cl)ccc3o2)CC1)C1CCS(=O)(=O)CC1. The average molecular weight is 411 g/mol. The fourth-order valence-electron chi connectivity index (χ4n) is 4.05. The number of hydrogen-bond donors (Lipinski definition) is 1. The van der Waals surface area contributed by atoms with E-state index < -0.39 is 9.84 Å². The van der Waals surface area contributed by atoms with Crippen LogP contribution in [0.5, 0.6) is 0 Å². The van der Waals surface area contributed by atoms with Crippen LogP contribution in [0.1, 0.15) is 50.3 Å². The molecule has 1 aliphatic carbocycles. The first kappa shape index (κ1) is 18.7. The third-order valence-corrected chi connectivity index (χ3v) is 7.66. The second-order valence-corrected chi connectivity index (χ2v) is 10.4. The number of oxazole rings is 1. The van der Waals surface area contributed by atoms with Gasteiger partial charge in [0.15, 0.2) is 11.5 Å². The molecule has 4 rings (SSSR count). The normalized spacial score (nSPS) is 26.1. The molecule has 0 radical (unpaired) electrons. The van der Waals surface area contributed by atoms with Crippen LogP contribution in [0.15, 0.2) is 22.6 Å². The lowest BCUT2D eigenvalue weighted by Crippen LogP contribution is -2.42. The number of benzene rings is 1. The molecule has 1 saturated heterocycles. The summed E-state index contributed by atoms with van der Waals surface area (Å²) < 4.78 is 28.9. The van der Waals surface area contributed by atoms with Crippen LogP contribution in [-0.4, -0.2) is 36.9 Å². The molecule has 1 aliphatic heterocycles. The zero-order chi connectivity index (χ0) is 19.0. The van der Waals surface area contributed by atoms with Gasteiger partial charge in [-0.25, -0.2) is 13.4 Å². The molecule has 2 aliphatic rings. The van der Waals surface area contributed by atoms with Crippen molar-refractivity contribution < 1.29 is 17.6 Å². The molecule has 1 saturated carbocycles. The van der Waals surface area contributed by atoms with Crippen LogP contribution in [-0.2, 0) is 14.6 Å². The minimum Gasteiger partial charge on any atom is -0.440 e. The fraction of sp³-hybridized carbons (Fsp3) is 0.579. The van der Waals surface area contributed by atoms with Crippen molar-refractivity contribution in [2.45, 2.75) is 50.5 Å². The van der Waals surface area contributed by atoms with E-state index in [0.29, 0.717) is 17.9 Å². The quantitative estimate of drug-likeness (QED) is 0.836. The maximum Gasteiger partial charge on any atom is 0.223 e. The Kier molecular flexibility index (Phi) is 5.16. The van der Waals surface area contributed by atoms with E-state index in [1.54, 1.807) is 12.1 Å². The molecular weight excluding hydrogens is 388 g/mol. The predicted molar refractivity (Wildman–Crippen MR) is 104 cm³/mol. The zero-order valence-electron chi connectivity index (χ0n) is 15.0. The van der Waals surface area contributed by atoms with Gasteiger partial charge < -0.3 is 9.73 Å². The third kappa shape index (κ3) is 4.29. The molecule has 2 aromatic rings. The molecule has 146 valence electrons. The summed E-state index contributed by atoms with van der Waals surface area (Å²) in [6, 6.07) is 5.58. The zero-order valence-corrected chi connectivity index (χ0v) is 16.6. The van der Waals surface area contributed by atoms with Crippen LogP contribution in [0, 0.1) is 5.92 Å². The van der Waals surface area contributed by atoms with Gasteiger partial charge in [0, 0.05) is 22.9 Å². The first-order valence-electron chi connectivity index (χ1n) is 9.46. The Morgan fingerprint density at radius 3 is 2.52 bits per heavy atom. The van der Waals surface area contributed by atoms with Crippen LogP contribution in [0.25, 0.3) is 11.1 Å². The van der Waals surface area contributed by atoms with Crippen molar-refractivity contribution >= 4 is 38.4 Å². The van der Waals surface area contributed by atoms with Crippen molar-refractivity contribution in [2.24, 2.45) is 5.92 Å². The molecule has 2 heterocycles. The monoisotopic (exact) mass is 410 g/mol. The summed E-state index contributed by atoms with van der Waals surface area (Å²) in [4.78, 5) is 17.0. The first-order chi connectivity index (χ1) is 12.9. The summed E-state index contributed by atoms with van der Waals surface area (Å²) in [6.07, 6.45) is 4.45. The molecular formula is C19H23ClN2O4S. The standard InChI is InChI=1S/C19H23ClN2O4S/c20-14-3-6-17-16(11-14)22-19(26-17)13-1-4-15(5-2-13)21-18(23)12-7-9-27(24,25)10-8-12/h3,6,11-13,15H,1-2,4-5,7-10H2,(H,21,23)/t13-,15-. The Labute approximate surface area is 163 Å². The Balaban J connectivity index is 1.31. The van der Waals surface area contributed by atoms with E-state index in [1.807, 2.05) is 6.07 Å². The van der Waals surface area contributed by atoms with Gasteiger partial charge in [0.05, 0.1) is 11.5 Å². The van der Waals surface area contributed by atoms with Crippen molar-refractivity contribution in [1.29, 1.82) is 0 Å². The summed E-state index contributed by atoms with van der Waals surface area (Å²) in [5.41, 5.74) is 1.53. The highest BCUT2D eigenvalue weighted by Gasteiger charge is 2.31. The number of rotatable bonds is 3. The minimum atomic E-state index is -2.94. The first-order valence-corrected chi connectivity index (χ1v) is 11.7. The van der Waals surface area contributed by atoms with E-state index in [1.165, 1.54) is 0 Å². The van der Waals surface area contributed by atoms with E-state index in [4.69, 9.17) is 16.0 Å². The Bertz CT molecular complexity index is 934. The van der Waals surface area contributed by atoms with Crippen molar-refractivity contribution in [2.75, 3.05) is 11.5 Å². The van der Waals surface area contributed by atoms with E-state index in [-0.39, 0.29) is 35.3 Å². The smallest absolute Gasteiger partial charge is 0.223 e. The highest BCUT2D eigenvalue weighted by Crippen LogP contribution is 2.34. The van der Waals surface area contributed by atoms with Gasteiger partial charge in [0.1, 0.15) is 15.4 Å². The number of carbonyl (C=O) groups excluding carboxylic acids is 1. The maximum absolute atomic E-state index is 12.4. The molecule has 0 atom stereocenters. The maximum atomic E-state index is 12.4. The number of nitrogens with one attached hydrogen (secondary N) is 1. The van der Waals surface area contributed by atoms with Gasteiger partial charge in [-0.15, -0.1) is 0 Å². The van der Waals surface area contributed by atoms with Crippen LogP contribution >= 0.6 is 11.6 Å². The Hall–Kier alpha value is -1.60. The number of sulfone groups is 1.